The Morgan fingerprint density at radius 3 is 2.42 bits per heavy atom. The molecule has 0 bridgehead atoms. The molecule has 2 aliphatic rings. The molecule has 0 N–H and O–H groups in total. The minimum atomic E-state index is -0.816. The molecule has 0 spiro atoms. The third-order valence-electron chi connectivity index (χ3n) is 5.63. The van der Waals surface area contributed by atoms with E-state index in [2.05, 4.69) is 25.1 Å². The molecular formula is C21H26O3. The summed E-state index contributed by atoms with van der Waals surface area (Å²) in [6.07, 6.45) is 7.65. The van der Waals surface area contributed by atoms with Crippen LogP contribution in [-0.2, 0) is 16.0 Å². The van der Waals surface area contributed by atoms with Crippen molar-refractivity contribution in [1.82, 2.24) is 0 Å². The van der Waals surface area contributed by atoms with E-state index in [1.165, 1.54) is 22.3 Å². The van der Waals surface area contributed by atoms with Gasteiger partial charge in [-0.05, 0) is 80.3 Å². The van der Waals surface area contributed by atoms with Crippen molar-refractivity contribution in [1.29, 1.82) is 0 Å². The Balaban J connectivity index is 1.93. The molecule has 0 unspecified atom stereocenters. The first-order valence-corrected chi connectivity index (χ1v) is 8.89. The number of ether oxygens (including phenoxy) is 1. The van der Waals surface area contributed by atoms with Gasteiger partial charge in [0.15, 0.2) is 0 Å². The lowest BCUT2D eigenvalue weighted by atomic mass is 9.70. The number of carbonyl (C=O) groups is 2. The number of ketones is 2. The van der Waals surface area contributed by atoms with Crippen LogP contribution < -0.4 is 4.74 Å². The Morgan fingerprint density at radius 1 is 1.08 bits per heavy atom. The zero-order chi connectivity index (χ0) is 17.3. The van der Waals surface area contributed by atoms with Gasteiger partial charge in [0.05, 0.1) is 12.5 Å². The lowest BCUT2D eigenvalue weighted by molar-refractivity contribution is -0.142. The second-order valence-corrected chi connectivity index (χ2v) is 7.30. The van der Waals surface area contributed by atoms with Crippen LogP contribution in [0, 0.1) is 12.3 Å². The Morgan fingerprint density at radius 2 is 1.75 bits per heavy atom. The molecule has 0 amide bonds. The normalized spacial score (nSPS) is 21.7. The van der Waals surface area contributed by atoms with Crippen LogP contribution in [0.3, 0.4) is 0 Å². The number of allylic oxidation sites excluding steroid dienone is 2. The van der Waals surface area contributed by atoms with E-state index >= 15 is 0 Å². The summed E-state index contributed by atoms with van der Waals surface area (Å²) in [7, 11) is 1.70. The second-order valence-electron chi connectivity index (χ2n) is 7.30. The van der Waals surface area contributed by atoms with E-state index in [-0.39, 0.29) is 11.6 Å². The van der Waals surface area contributed by atoms with Crippen LogP contribution in [0.5, 0.6) is 5.75 Å². The van der Waals surface area contributed by atoms with Crippen molar-refractivity contribution in [3.63, 3.8) is 0 Å². The van der Waals surface area contributed by atoms with Crippen molar-refractivity contribution >= 4 is 17.1 Å². The topological polar surface area (TPSA) is 43.4 Å². The van der Waals surface area contributed by atoms with Crippen molar-refractivity contribution < 1.29 is 14.3 Å². The largest absolute Gasteiger partial charge is 0.497 e. The number of carbonyl (C=O) groups excluding carboxylic acids is 2. The Labute approximate surface area is 144 Å². The highest BCUT2D eigenvalue weighted by Crippen LogP contribution is 2.39. The van der Waals surface area contributed by atoms with Gasteiger partial charge >= 0.3 is 0 Å². The summed E-state index contributed by atoms with van der Waals surface area (Å²) < 4.78 is 5.39. The maximum atomic E-state index is 12.3. The fourth-order valence-corrected chi connectivity index (χ4v) is 4.07. The maximum Gasteiger partial charge on any atom is 0.146 e. The van der Waals surface area contributed by atoms with Crippen molar-refractivity contribution in [2.24, 2.45) is 5.41 Å². The molecule has 2 aliphatic carbocycles. The SMILES string of the molecule is COc1cc(C)c2c(c1)CCC/C2=C\CC1(C)C(=O)CCCC1=O. The number of hydrogen-bond donors (Lipinski definition) is 0. The lowest BCUT2D eigenvalue weighted by Gasteiger charge is -2.30. The summed E-state index contributed by atoms with van der Waals surface area (Å²) in [4.78, 5) is 24.7. The Hall–Kier alpha value is -1.90. The quantitative estimate of drug-likeness (QED) is 0.771. The highest BCUT2D eigenvalue weighted by molar-refractivity contribution is 6.08. The summed E-state index contributed by atoms with van der Waals surface area (Å²) in [5.41, 5.74) is 4.28. The van der Waals surface area contributed by atoms with Crippen molar-refractivity contribution in [2.75, 3.05) is 7.11 Å². The van der Waals surface area contributed by atoms with Gasteiger partial charge in [0.25, 0.3) is 0 Å². The van der Waals surface area contributed by atoms with Crippen LogP contribution in [0.1, 0.15) is 62.1 Å². The van der Waals surface area contributed by atoms with Crippen LogP contribution in [0.25, 0.3) is 5.57 Å². The summed E-state index contributed by atoms with van der Waals surface area (Å²) in [5.74, 6) is 1.12. The summed E-state index contributed by atoms with van der Waals surface area (Å²) >= 11 is 0. The van der Waals surface area contributed by atoms with E-state index in [4.69, 9.17) is 4.74 Å². The van der Waals surface area contributed by atoms with Gasteiger partial charge in [-0.25, -0.2) is 0 Å². The third kappa shape index (κ3) is 2.92. The second kappa shape index (κ2) is 6.54. The van der Waals surface area contributed by atoms with Crippen LogP contribution in [-0.4, -0.2) is 18.7 Å². The van der Waals surface area contributed by atoms with Crippen molar-refractivity contribution in [2.45, 2.75) is 58.8 Å². The maximum absolute atomic E-state index is 12.3. The lowest BCUT2D eigenvalue weighted by Crippen LogP contribution is -2.39. The molecule has 1 fully saturated rings. The summed E-state index contributed by atoms with van der Waals surface area (Å²) in [5, 5.41) is 0. The fraction of sp³-hybridized carbons (Fsp3) is 0.524. The predicted octanol–water partition coefficient (Wildman–Crippen LogP) is 4.44. The average Bonchev–Trinajstić information content (AvgIpc) is 2.57. The molecular weight excluding hydrogens is 300 g/mol. The molecule has 1 saturated carbocycles. The molecule has 3 rings (SSSR count). The molecule has 0 aliphatic heterocycles. The number of benzene rings is 1. The minimum Gasteiger partial charge on any atom is -0.497 e. The van der Waals surface area contributed by atoms with Gasteiger partial charge in [-0.2, -0.15) is 0 Å². The predicted molar refractivity (Wildman–Crippen MR) is 95.2 cm³/mol. The standard InChI is InChI=1S/C21H26O3/c1-14-12-17(24-3)13-16-7-4-6-15(20(14)16)10-11-21(2)18(22)8-5-9-19(21)23/h10,12-13H,4-9,11H2,1-3H3/b15-10+. The molecule has 3 nitrogen and oxygen atoms in total. The van der Waals surface area contributed by atoms with Crippen LogP contribution in [0.15, 0.2) is 18.2 Å². The first-order chi connectivity index (χ1) is 11.5. The highest BCUT2D eigenvalue weighted by atomic mass is 16.5. The molecule has 0 atom stereocenters. The van der Waals surface area contributed by atoms with E-state index in [1.54, 1.807) is 7.11 Å². The van der Waals surface area contributed by atoms with E-state index in [0.29, 0.717) is 25.7 Å². The van der Waals surface area contributed by atoms with E-state index < -0.39 is 5.41 Å². The van der Waals surface area contributed by atoms with Gasteiger partial charge in [-0.15, -0.1) is 0 Å². The minimum absolute atomic E-state index is 0.109. The zero-order valence-corrected chi connectivity index (χ0v) is 14.9. The van der Waals surface area contributed by atoms with Gasteiger partial charge in [0, 0.05) is 12.8 Å². The number of hydrogen-bond acceptors (Lipinski definition) is 3. The molecule has 1 aromatic rings. The van der Waals surface area contributed by atoms with Crippen LogP contribution >= 0.6 is 0 Å². The Kier molecular flexibility index (Phi) is 4.62. The third-order valence-corrected chi connectivity index (χ3v) is 5.63. The number of fused-ring (bicyclic) bond motifs is 1. The van der Waals surface area contributed by atoms with E-state index in [9.17, 15) is 9.59 Å². The van der Waals surface area contributed by atoms with Crippen LogP contribution in [0.2, 0.25) is 0 Å². The summed E-state index contributed by atoms with van der Waals surface area (Å²) in [6, 6.07) is 4.19. The first kappa shape index (κ1) is 16.9. The zero-order valence-electron chi connectivity index (χ0n) is 14.9. The number of aryl methyl sites for hydroxylation is 2. The van der Waals surface area contributed by atoms with Crippen molar-refractivity contribution in [3.05, 3.63) is 34.9 Å². The highest BCUT2D eigenvalue weighted by Gasteiger charge is 2.41. The van der Waals surface area contributed by atoms with Gasteiger partial charge in [-0.1, -0.05) is 6.08 Å². The molecule has 128 valence electrons. The number of Topliss-reactive ketones (excluding diaryl/α,β-unsaturated/α-hetero) is 2. The molecule has 1 aromatic carbocycles. The van der Waals surface area contributed by atoms with E-state index in [0.717, 1.165) is 25.0 Å². The number of methoxy groups -OCH3 is 1. The van der Waals surface area contributed by atoms with Crippen molar-refractivity contribution in [3.8, 4) is 5.75 Å². The monoisotopic (exact) mass is 326 g/mol. The molecule has 0 aromatic heterocycles. The van der Waals surface area contributed by atoms with Gasteiger partial charge in [0.1, 0.15) is 17.3 Å². The van der Waals surface area contributed by atoms with E-state index in [1.807, 2.05) is 6.92 Å². The number of rotatable bonds is 3. The van der Waals surface area contributed by atoms with Crippen LogP contribution in [0.4, 0.5) is 0 Å². The molecule has 0 saturated heterocycles. The first-order valence-electron chi connectivity index (χ1n) is 8.89. The van der Waals surface area contributed by atoms with Gasteiger partial charge in [-0.3, -0.25) is 9.59 Å². The fourth-order valence-electron chi connectivity index (χ4n) is 4.07. The summed E-state index contributed by atoms with van der Waals surface area (Å²) in [6.45, 7) is 3.94. The Bertz CT molecular complexity index is 696. The molecule has 3 heteroatoms. The van der Waals surface area contributed by atoms with Gasteiger partial charge < -0.3 is 4.74 Å². The molecule has 0 radical (unpaired) electrons. The smallest absolute Gasteiger partial charge is 0.146 e. The van der Waals surface area contributed by atoms with Gasteiger partial charge in [0.2, 0.25) is 0 Å². The molecule has 0 heterocycles. The molecule has 24 heavy (non-hydrogen) atoms. The average molecular weight is 326 g/mol.